The Morgan fingerprint density at radius 2 is 2.17 bits per heavy atom. The number of nitrogens with zero attached hydrogens (tertiary/aromatic N) is 1. The van der Waals surface area contributed by atoms with Gasteiger partial charge in [-0.15, -0.1) is 11.3 Å². The van der Waals surface area contributed by atoms with E-state index in [-0.39, 0.29) is 0 Å². The fraction of sp³-hybridized carbons (Fsp3) is 0.700. The Balaban J connectivity index is 2.56. The molecule has 0 aromatic carbocycles. The van der Waals surface area contributed by atoms with Crippen molar-refractivity contribution in [1.29, 1.82) is 0 Å². The lowest BCUT2D eigenvalue weighted by Gasteiger charge is -2.21. The zero-order valence-electron chi connectivity index (χ0n) is 8.29. The van der Waals surface area contributed by atoms with E-state index in [0.29, 0.717) is 11.3 Å². The van der Waals surface area contributed by atoms with Gasteiger partial charge in [0.25, 0.3) is 0 Å². The molecule has 1 unspecified atom stereocenters. The molecule has 0 N–H and O–H groups in total. The first kappa shape index (κ1) is 9.72. The summed E-state index contributed by atoms with van der Waals surface area (Å²) in [5.41, 5.74) is 2.33. The summed E-state index contributed by atoms with van der Waals surface area (Å²) in [6.07, 6.45) is 3.22. The third-order valence-corrected chi connectivity index (χ3v) is 2.86. The summed E-state index contributed by atoms with van der Waals surface area (Å²) in [5.74, 6) is 0.650. The van der Waals surface area contributed by atoms with Crippen molar-refractivity contribution in [3.05, 3.63) is 16.6 Å². The van der Waals surface area contributed by atoms with E-state index in [1.807, 2.05) is 11.7 Å². The third-order valence-electron chi connectivity index (χ3n) is 1.86. The van der Waals surface area contributed by atoms with Crippen molar-refractivity contribution in [2.45, 2.75) is 40.0 Å². The highest BCUT2D eigenvalue weighted by Gasteiger charge is 2.17. The largest absolute Gasteiger partial charge is 0.253 e. The van der Waals surface area contributed by atoms with E-state index in [4.69, 9.17) is 0 Å². The first-order valence-corrected chi connectivity index (χ1v) is 5.25. The molecule has 1 rings (SSSR count). The number of aromatic nitrogens is 1. The zero-order chi connectivity index (χ0) is 9.19. The third kappa shape index (κ3) is 2.94. The van der Waals surface area contributed by atoms with Gasteiger partial charge in [0.05, 0.1) is 5.51 Å². The zero-order valence-corrected chi connectivity index (χ0v) is 9.11. The molecule has 2 heteroatoms. The number of rotatable bonds is 2. The van der Waals surface area contributed by atoms with Crippen molar-refractivity contribution >= 4 is 11.3 Å². The van der Waals surface area contributed by atoms with Gasteiger partial charge < -0.3 is 0 Å². The molecule has 1 heterocycles. The maximum absolute atomic E-state index is 4.09. The van der Waals surface area contributed by atoms with Gasteiger partial charge in [-0.05, 0) is 17.8 Å². The molecular weight excluding hydrogens is 166 g/mol. The molecule has 0 amide bonds. The summed E-state index contributed by atoms with van der Waals surface area (Å²) in [6.45, 7) is 9.12. The van der Waals surface area contributed by atoms with Gasteiger partial charge >= 0.3 is 0 Å². The molecule has 1 atom stereocenters. The molecule has 12 heavy (non-hydrogen) atoms. The van der Waals surface area contributed by atoms with Crippen LogP contribution in [0.5, 0.6) is 0 Å². The van der Waals surface area contributed by atoms with Crippen molar-refractivity contribution in [2.75, 3.05) is 0 Å². The predicted molar refractivity (Wildman–Crippen MR) is 54.6 cm³/mol. The Bertz CT molecular complexity index is 220. The van der Waals surface area contributed by atoms with Crippen LogP contribution in [0.25, 0.3) is 0 Å². The second-order valence-corrected chi connectivity index (χ2v) is 5.49. The number of thiazole rings is 1. The second kappa shape index (κ2) is 3.56. The highest BCUT2D eigenvalue weighted by Crippen LogP contribution is 2.31. The summed E-state index contributed by atoms with van der Waals surface area (Å²) in [7, 11) is 0. The van der Waals surface area contributed by atoms with E-state index in [0.717, 1.165) is 0 Å². The molecule has 0 aliphatic heterocycles. The fourth-order valence-corrected chi connectivity index (χ4v) is 2.17. The minimum absolute atomic E-state index is 0.420. The smallest absolute Gasteiger partial charge is 0.0794 e. The van der Waals surface area contributed by atoms with Crippen LogP contribution in [-0.2, 0) is 0 Å². The predicted octanol–water partition coefficient (Wildman–Crippen LogP) is 3.68. The van der Waals surface area contributed by atoms with Crippen LogP contribution in [0.4, 0.5) is 0 Å². The lowest BCUT2D eigenvalue weighted by Crippen LogP contribution is -2.08. The lowest BCUT2D eigenvalue weighted by atomic mass is 9.85. The number of hydrogen-bond acceptors (Lipinski definition) is 2. The average molecular weight is 183 g/mol. The molecule has 1 nitrogen and oxygen atoms in total. The highest BCUT2D eigenvalue weighted by atomic mass is 32.1. The Labute approximate surface area is 78.8 Å². The summed E-state index contributed by atoms with van der Waals surface area (Å²) >= 11 is 1.76. The number of hydrogen-bond donors (Lipinski definition) is 0. The van der Waals surface area contributed by atoms with E-state index in [9.17, 15) is 0 Å². The molecule has 0 radical (unpaired) electrons. The Hall–Kier alpha value is -0.370. The van der Waals surface area contributed by atoms with Crippen molar-refractivity contribution < 1.29 is 0 Å². The van der Waals surface area contributed by atoms with Gasteiger partial charge in [-0.25, -0.2) is 0 Å². The van der Waals surface area contributed by atoms with Crippen LogP contribution in [0.2, 0.25) is 0 Å². The summed E-state index contributed by atoms with van der Waals surface area (Å²) in [5, 5.41) is 0. The molecule has 0 aliphatic rings. The van der Waals surface area contributed by atoms with Crippen LogP contribution < -0.4 is 0 Å². The highest BCUT2D eigenvalue weighted by molar-refractivity contribution is 7.09. The molecule has 0 saturated carbocycles. The van der Waals surface area contributed by atoms with Gasteiger partial charge in [0.15, 0.2) is 0 Å². The summed E-state index contributed by atoms with van der Waals surface area (Å²) in [6, 6.07) is 0. The van der Waals surface area contributed by atoms with Crippen molar-refractivity contribution in [3.63, 3.8) is 0 Å². The van der Waals surface area contributed by atoms with Crippen LogP contribution in [0.3, 0.4) is 0 Å². The molecule has 0 aliphatic carbocycles. The van der Waals surface area contributed by atoms with E-state index in [1.165, 1.54) is 11.3 Å². The minimum Gasteiger partial charge on any atom is -0.253 e. The molecule has 1 aromatic rings. The normalized spacial score (nSPS) is 14.7. The molecule has 0 spiro atoms. The van der Waals surface area contributed by atoms with Crippen molar-refractivity contribution in [3.8, 4) is 0 Å². The minimum atomic E-state index is 0.420. The Kier molecular flexibility index (Phi) is 2.89. The average Bonchev–Trinajstić information content (AvgIpc) is 2.32. The van der Waals surface area contributed by atoms with Crippen LogP contribution in [0, 0.1) is 5.41 Å². The van der Waals surface area contributed by atoms with Gasteiger partial charge in [0.2, 0.25) is 0 Å². The maximum atomic E-state index is 4.09. The first-order valence-electron chi connectivity index (χ1n) is 4.37. The quantitative estimate of drug-likeness (QED) is 0.681. The molecule has 0 bridgehead atoms. The van der Waals surface area contributed by atoms with E-state index >= 15 is 0 Å². The van der Waals surface area contributed by atoms with Gasteiger partial charge in [-0.2, -0.15) is 0 Å². The second-order valence-electron chi connectivity index (χ2n) is 4.57. The Morgan fingerprint density at radius 1 is 1.50 bits per heavy atom. The van der Waals surface area contributed by atoms with E-state index in [2.05, 4.69) is 32.7 Å². The standard InChI is InChI=1S/C10H17NS/c1-8(5-10(2,3)4)9-6-11-7-12-9/h6-8H,5H2,1-4H3. The molecular formula is C10H17NS. The van der Waals surface area contributed by atoms with Crippen LogP contribution in [-0.4, -0.2) is 4.98 Å². The maximum Gasteiger partial charge on any atom is 0.0794 e. The van der Waals surface area contributed by atoms with Gasteiger partial charge in [-0.1, -0.05) is 27.7 Å². The Morgan fingerprint density at radius 3 is 2.58 bits per heavy atom. The lowest BCUT2D eigenvalue weighted by molar-refractivity contribution is 0.350. The monoisotopic (exact) mass is 183 g/mol. The summed E-state index contributed by atoms with van der Waals surface area (Å²) < 4.78 is 0. The van der Waals surface area contributed by atoms with Crippen molar-refractivity contribution in [2.24, 2.45) is 5.41 Å². The fourth-order valence-electron chi connectivity index (χ4n) is 1.49. The van der Waals surface area contributed by atoms with E-state index < -0.39 is 0 Å². The van der Waals surface area contributed by atoms with Gasteiger partial charge in [-0.3, -0.25) is 4.98 Å². The summed E-state index contributed by atoms with van der Waals surface area (Å²) in [4.78, 5) is 5.50. The van der Waals surface area contributed by atoms with Crippen LogP contribution in [0.15, 0.2) is 11.7 Å². The molecule has 1 aromatic heterocycles. The van der Waals surface area contributed by atoms with Gasteiger partial charge in [0.1, 0.15) is 0 Å². The van der Waals surface area contributed by atoms with Crippen LogP contribution >= 0.6 is 11.3 Å². The molecule has 0 fully saturated rings. The van der Waals surface area contributed by atoms with Crippen LogP contribution in [0.1, 0.15) is 44.9 Å². The van der Waals surface area contributed by atoms with Gasteiger partial charge in [0, 0.05) is 11.1 Å². The van der Waals surface area contributed by atoms with E-state index in [1.54, 1.807) is 11.3 Å². The van der Waals surface area contributed by atoms with Crippen molar-refractivity contribution in [1.82, 2.24) is 4.98 Å². The molecule has 0 saturated heterocycles. The topological polar surface area (TPSA) is 12.9 Å². The first-order chi connectivity index (χ1) is 5.49. The molecule has 68 valence electrons. The SMILES string of the molecule is CC(CC(C)(C)C)c1cncs1.